The molecule has 24 heavy (non-hydrogen) atoms. The first-order valence-electron chi connectivity index (χ1n) is 7.76. The molecule has 0 unspecified atom stereocenters. The van der Waals surface area contributed by atoms with Crippen molar-refractivity contribution in [2.75, 3.05) is 18.7 Å². The number of hydrogen-bond donors (Lipinski definition) is 1. The van der Waals surface area contributed by atoms with Crippen LogP contribution in [0.2, 0.25) is 0 Å². The molecule has 0 amide bonds. The summed E-state index contributed by atoms with van der Waals surface area (Å²) in [4.78, 5) is 0. The number of anilines is 1. The maximum absolute atomic E-state index is 11.5. The van der Waals surface area contributed by atoms with Crippen LogP contribution in [0.4, 0.5) is 5.69 Å². The molecule has 0 fully saturated rings. The molecule has 0 bridgehead atoms. The summed E-state index contributed by atoms with van der Waals surface area (Å²) in [5, 5.41) is 4.43. The summed E-state index contributed by atoms with van der Waals surface area (Å²) >= 11 is 0. The van der Waals surface area contributed by atoms with Crippen LogP contribution in [0.15, 0.2) is 46.9 Å². The van der Waals surface area contributed by atoms with Gasteiger partial charge >= 0.3 is 0 Å². The first kappa shape index (κ1) is 16.6. The Morgan fingerprint density at radius 1 is 1.21 bits per heavy atom. The number of para-hydroxylation sites is 1. The van der Waals surface area contributed by atoms with E-state index in [1.165, 1.54) is 0 Å². The zero-order chi connectivity index (χ0) is 17.1. The topological polar surface area (TPSA) is 51.5 Å². The first-order chi connectivity index (χ1) is 11.6. The quantitative estimate of drug-likeness (QED) is 0.727. The highest BCUT2D eigenvalue weighted by Gasteiger charge is 2.10. The van der Waals surface area contributed by atoms with Gasteiger partial charge in [-0.1, -0.05) is 24.3 Å². The molecule has 1 atom stereocenters. The molecule has 5 heteroatoms. The Morgan fingerprint density at radius 3 is 2.75 bits per heavy atom. The second-order valence-electron chi connectivity index (χ2n) is 5.75. The van der Waals surface area contributed by atoms with Crippen molar-refractivity contribution in [1.82, 2.24) is 0 Å². The Kier molecular flexibility index (Phi) is 4.90. The monoisotopic (exact) mass is 343 g/mol. The zero-order valence-electron chi connectivity index (χ0n) is 14.1. The Bertz CT molecular complexity index is 885. The molecule has 0 saturated heterocycles. The van der Waals surface area contributed by atoms with E-state index in [0.29, 0.717) is 12.3 Å². The molecule has 0 radical (unpaired) electrons. The van der Waals surface area contributed by atoms with Gasteiger partial charge in [-0.15, -0.1) is 0 Å². The maximum Gasteiger partial charge on any atom is 0.176 e. The van der Waals surface area contributed by atoms with E-state index in [1.807, 2.05) is 49.4 Å². The predicted molar refractivity (Wildman–Crippen MR) is 99.0 cm³/mol. The van der Waals surface area contributed by atoms with E-state index in [1.54, 1.807) is 13.4 Å². The normalized spacial score (nSPS) is 12.3. The summed E-state index contributed by atoms with van der Waals surface area (Å²) in [5.41, 5.74) is 4.03. The summed E-state index contributed by atoms with van der Waals surface area (Å²) < 4.78 is 22.7. The van der Waals surface area contributed by atoms with Gasteiger partial charge in [0.05, 0.1) is 13.7 Å². The summed E-state index contributed by atoms with van der Waals surface area (Å²) in [5.74, 6) is 2.16. The second-order valence-corrected chi connectivity index (χ2v) is 7.19. The molecular formula is C19H21NO3S. The van der Waals surface area contributed by atoms with Crippen molar-refractivity contribution in [3.63, 3.8) is 0 Å². The van der Waals surface area contributed by atoms with Gasteiger partial charge in [0, 0.05) is 33.9 Å². The molecule has 0 aliphatic heterocycles. The number of ether oxygens (including phenoxy) is 1. The van der Waals surface area contributed by atoms with Crippen LogP contribution < -0.4 is 10.1 Å². The van der Waals surface area contributed by atoms with Crippen molar-refractivity contribution < 1.29 is 13.4 Å². The van der Waals surface area contributed by atoms with Crippen molar-refractivity contribution in [1.29, 1.82) is 0 Å². The van der Waals surface area contributed by atoms with Crippen LogP contribution in [0.5, 0.6) is 5.75 Å². The van der Waals surface area contributed by atoms with Crippen molar-refractivity contribution in [3.8, 4) is 5.75 Å². The molecule has 3 rings (SSSR count). The van der Waals surface area contributed by atoms with Gasteiger partial charge in [0.15, 0.2) is 11.3 Å². The van der Waals surface area contributed by atoms with Gasteiger partial charge in [0.25, 0.3) is 0 Å². The minimum atomic E-state index is -0.850. The van der Waals surface area contributed by atoms with Crippen LogP contribution in [0.3, 0.4) is 0 Å². The van der Waals surface area contributed by atoms with E-state index in [-0.39, 0.29) is 0 Å². The Labute approximate surface area is 144 Å². The van der Waals surface area contributed by atoms with Crippen molar-refractivity contribution in [2.45, 2.75) is 19.2 Å². The van der Waals surface area contributed by atoms with Crippen LogP contribution >= 0.6 is 0 Å². The number of furan rings is 1. The third-order valence-electron chi connectivity index (χ3n) is 4.04. The van der Waals surface area contributed by atoms with Crippen LogP contribution in [0.25, 0.3) is 11.0 Å². The average molecular weight is 343 g/mol. The predicted octanol–water partition coefficient (Wildman–Crippen LogP) is 4.24. The number of methoxy groups -OCH3 is 1. The number of rotatable bonds is 6. The molecule has 1 heterocycles. The number of nitrogens with one attached hydrogen (secondary N) is 1. The minimum Gasteiger partial charge on any atom is -0.493 e. The third-order valence-corrected chi connectivity index (χ3v) is 4.75. The van der Waals surface area contributed by atoms with Gasteiger partial charge in [-0.25, -0.2) is 0 Å². The molecule has 126 valence electrons. The largest absolute Gasteiger partial charge is 0.493 e. The number of hydrogen-bond acceptors (Lipinski definition) is 4. The van der Waals surface area contributed by atoms with Crippen LogP contribution in [-0.2, 0) is 23.1 Å². The van der Waals surface area contributed by atoms with E-state index in [2.05, 4.69) is 5.32 Å². The highest BCUT2D eigenvalue weighted by atomic mass is 32.2. The second kappa shape index (κ2) is 7.09. The van der Waals surface area contributed by atoms with Crippen LogP contribution in [0, 0.1) is 6.92 Å². The van der Waals surface area contributed by atoms with E-state index in [4.69, 9.17) is 9.15 Å². The average Bonchev–Trinajstić information content (AvgIpc) is 2.98. The van der Waals surface area contributed by atoms with E-state index in [0.717, 1.165) is 39.3 Å². The molecule has 4 nitrogen and oxygen atoms in total. The lowest BCUT2D eigenvalue weighted by molar-refractivity contribution is 0.408. The number of fused-ring (bicyclic) bond motifs is 1. The van der Waals surface area contributed by atoms with Gasteiger partial charge < -0.3 is 14.5 Å². The molecular weight excluding hydrogens is 322 g/mol. The van der Waals surface area contributed by atoms with Crippen LogP contribution in [0.1, 0.15) is 16.9 Å². The summed E-state index contributed by atoms with van der Waals surface area (Å²) in [7, 11) is 0.791. The van der Waals surface area contributed by atoms with E-state index in [9.17, 15) is 4.21 Å². The molecule has 0 aliphatic rings. The fourth-order valence-electron chi connectivity index (χ4n) is 2.77. The number of benzene rings is 2. The molecule has 3 aromatic rings. The standard InChI is InChI=1S/C19H21NO3S/c1-13-15(12-24(3)21)7-4-8-17(13)20-11-16-10-14-6-5-9-18(22-2)19(14)23-16/h4-10,20H,11-12H2,1-3H3/t24-/m1/s1. The van der Waals surface area contributed by atoms with Gasteiger partial charge in [-0.05, 0) is 36.2 Å². The zero-order valence-corrected chi connectivity index (χ0v) is 14.9. The first-order valence-corrected chi connectivity index (χ1v) is 9.49. The smallest absolute Gasteiger partial charge is 0.176 e. The lowest BCUT2D eigenvalue weighted by atomic mass is 10.1. The van der Waals surface area contributed by atoms with Gasteiger partial charge in [0.2, 0.25) is 0 Å². The fourth-order valence-corrected chi connectivity index (χ4v) is 3.52. The molecule has 0 saturated carbocycles. The maximum atomic E-state index is 11.5. The minimum absolute atomic E-state index is 0.573. The van der Waals surface area contributed by atoms with Gasteiger partial charge in [-0.3, -0.25) is 4.21 Å². The van der Waals surface area contributed by atoms with Crippen LogP contribution in [-0.4, -0.2) is 17.6 Å². The SMILES string of the molecule is COc1cccc2cc(CNc3cccc(C[S@@](C)=O)c3C)oc12. The molecule has 2 aromatic carbocycles. The summed E-state index contributed by atoms with van der Waals surface area (Å²) in [6, 6.07) is 13.9. The van der Waals surface area contributed by atoms with E-state index >= 15 is 0 Å². The van der Waals surface area contributed by atoms with Crippen molar-refractivity contribution in [3.05, 3.63) is 59.4 Å². The van der Waals surface area contributed by atoms with Crippen molar-refractivity contribution >= 4 is 27.5 Å². The van der Waals surface area contributed by atoms with Gasteiger partial charge in [0.1, 0.15) is 5.76 Å². The summed E-state index contributed by atoms with van der Waals surface area (Å²) in [6.45, 7) is 2.63. The summed E-state index contributed by atoms with van der Waals surface area (Å²) in [6.07, 6.45) is 1.72. The lowest BCUT2D eigenvalue weighted by Crippen LogP contribution is -2.03. The Hall–Kier alpha value is -2.27. The Morgan fingerprint density at radius 2 is 2.00 bits per heavy atom. The van der Waals surface area contributed by atoms with Crippen molar-refractivity contribution in [2.24, 2.45) is 0 Å². The molecule has 1 N–H and O–H groups in total. The molecule has 1 aromatic heterocycles. The lowest BCUT2D eigenvalue weighted by Gasteiger charge is -2.12. The van der Waals surface area contributed by atoms with E-state index < -0.39 is 10.8 Å². The molecule has 0 aliphatic carbocycles. The highest BCUT2D eigenvalue weighted by molar-refractivity contribution is 7.83. The fraction of sp³-hybridized carbons (Fsp3) is 0.263. The molecule has 0 spiro atoms. The Balaban J connectivity index is 1.80. The highest BCUT2D eigenvalue weighted by Crippen LogP contribution is 2.29. The van der Waals surface area contributed by atoms with Gasteiger partial charge in [-0.2, -0.15) is 0 Å². The third kappa shape index (κ3) is 3.46.